The molecule has 0 spiro atoms. The molecule has 1 aromatic carbocycles. The molecule has 1 amide bonds. The van der Waals surface area contributed by atoms with Gasteiger partial charge in [-0.2, -0.15) is 0 Å². The monoisotopic (exact) mass is 349 g/mol. The van der Waals surface area contributed by atoms with E-state index in [1.807, 2.05) is 36.4 Å². The van der Waals surface area contributed by atoms with Crippen LogP contribution in [0.1, 0.15) is 55.1 Å². The van der Waals surface area contributed by atoms with Crippen molar-refractivity contribution in [3.63, 3.8) is 0 Å². The SMILES string of the molecule is CC(C)CCNC(=O)c1cc(C2CC2)nc2onc(-c3ccccc3)c12. The number of nitrogens with zero attached hydrogens (tertiary/aromatic N) is 2. The van der Waals surface area contributed by atoms with Crippen LogP contribution < -0.4 is 5.32 Å². The molecule has 3 aromatic rings. The van der Waals surface area contributed by atoms with E-state index >= 15 is 0 Å². The molecule has 5 nitrogen and oxygen atoms in total. The van der Waals surface area contributed by atoms with Crippen LogP contribution >= 0.6 is 0 Å². The van der Waals surface area contributed by atoms with E-state index in [0.29, 0.717) is 40.7 Å². The highest BCUT2D eigenvalue weighted by Gasteiger charge is 2.29. The molecule has 1 aliphatic carbocycles. The lowest BCUT2D eigenvalue weighted by Crippen LogP contribution is -2.25. The van der Waals surface area contributed by atoms with Crippen LogP contribution in [0.15, 0.2) is 40.9 Å². The van der Waals surface area contributed by atoms with Gasteiger partial charge in [0.15, 0.2) is 0 Å². The van der Waals surface area contributed by atoms with Gasteiger partial charge in [0.2, 0.25) is 0 Å². The Morgan fingerprint density at radius 1 is 1.27 bits per heavy atom. The molecule has 0 bridgehead atoms. The van der Waals surface area contributed by atoms with Gasteiger partial charge in [0.25, 0.3) is 11.6 Å². The molecule has 0 radical (unpaired) electrons. The average Bonchev–Trinajstić information content (AvgIpc) is 3.40. The van der Waals surface area contributed by atoms with E-state index in [1.165, 1.54) is 0 Å². The zero-order chi connectivity index (χ0) is 18.1. The highest BCUT2D eigenvalue weighted by atomic mass is 16.5. The first-order valence-electron chi connectivity index (χ1n) is 9.27. The lowest BCUT2D eigenvalue weighted by Gasteiger charge is -2.09. The van der Waals surface area contributed by atoms with Crippen molar-refractivity contribution in [2.24, 2.45) is 5.92 Å². The maximum absolute atomic E-state index is 12.9. The van der Waals surface area contributed by atoms with Crippen molar-refractivity contribution >= 4 is 17.0 Å². The van der Waals surface area contributed by atoms with Gasteiger partial charge in [-0.05, 0) is 31.2 Å². The molecule has 1 aliphatic rings. The Morgan fingerprint density at radius 3 is 2.73 bits per heavy atom. The number of aromatic nitrogens is 2. The normalized spacial score (nSPS) is 14.1. The minimum Gasteiger partial charge on any atom is -0.352 e. The summed E-state index contributed by atoms with van der Waals surface area (Å²) in [6, 6.07) is 11.7. The summed E-state index contributed by atoms with van der Waals surface area (Å²) in [4.78, 5) is 17.5. The van der Waals surface area contributed by atoms with Crippen molar-refractivity contribution in [1.29, 1.82) is 0 Å². The lowest BCUT2D eigenvalue weighted by molar-refractivity contribution is 0.0953. The van der Waals surface area contributed by atoms with Crippen LogP contribution in [-0.4, -0.2) is 22.6 Å². The second-order valence-electron chi connectivity index (χ2n) is 7.38. The number of nitrogens with one attached hydrogen (secondary N) is 1. The zero-order valence-corrected chi connectivity index (χ0v) is 15.2. The number of hydrogen-bond donors (Lipinski definition) is 1. The van der Waals surface area contributed by atoms with Gasteiger partial charge in [-0.15, -0.1) is 0 Å². The number of pyridine rings is 1. The third kappa shape index (κ3) is 3.34. The molecule has 5 heteroatoms. The van der Waals surface area contributed by atoms with Crippen molar-refractivity contribution in [3.8, 4) is 11.3 Å². The molecule has 0 atom stereocenters. The average molecular weight is 349 g/mol. The summed E-state index contributed by atoms with van der Waals surface area (Å²) >= 11 is 0. The summed E-state index contributed by atoms with van der Waals surface area (Å²) < 4.78 is 5.51. The molecule has 26 heavy (non-hydrogen) atoms. The molecule has 0 aliphatic heterocycles. The van der Waals surface area contributed by atoms with Gasteiger partial charge in [-0.25, -0.2) is 4.98 Å². The fraction of sp³-hybridized carbons (Fsp3) is 0.381. The minimum absolute atomic E-state index is 0.0830. The van der Waals surface area contributed by atoms with E-state index in [4.69, 9.17) is 4.52 Å². The van der Waals surface area contributed by atoms with E-state index in [9.17, 15) is 4.79 Å². The Balaban J connectivity index is 1.77. The fourth-order valence-corrected chi connectivity index (χ4v) is 3.10. The first-order valence-corrected chi connectivity index (χ1v) is 9.27. The van der Waals surface area contributed by atoms with Crippen LogP contribution in [0.3, 0.4) is 0 Å². The Hall–Kier alpha value is -2.69. The van der Waals surface area contributed by atoms with Crippen LogP contribution in [-0.2, 0) is 0 Å². The van der Waals surface area contributed by atoms with Gasteiger partial charge in [0, 0.05) is 23.7 Å². The van der Waals surface area contributed by atoms with Gasteiger partial charge in [-0.3, -0.25) is 4.79 Å². The topological polar surface area (TPSA) is 68.0 Å². The second-order valence-corrected chi connectivity index (χ2v) is 7.38. The molecule has 0 unspecified atom stereocenters. The highest BCUT2D eigenvalue weighted by Crippen LogP contribution is 2.41. The number of hydrogen-bond acceptors (Lipinski definition) is 4. The lowest BCUT2D eigenvalue weighted by atomic mass is 10.0. The molecular weight excluding hydrogens is 326 g/mol. The molecule has 1 N–H and O–H groups in total. The van der Waals surface area contributed by atoms with Gasteiger partial charge >= 0.3 is 0 Å². The van der Waals surface area contributed by atoms with Crippen molar-refractivity contribution in [2.45, 2.75) is 39.0 Å². The standard InChI is InChI=1S/C21H23N3O2/c1-13(2)10-11-22-20(25)16-12-17(14-8-9-14)23-21-18(16)19(24-26-21)15-6-4-3-5-7-15/h3-7,12-14H,8-11H2,1-2H3,(H,22,25). The van der Waals surface area contributed by atoms with Crippen LogP contribution in [0.4, 0.5) is 0 Å². The molecule has 0 saturated heterocycles. The Morgan fingerprint density at radius 2 is 2.04 bits per heavy atom. The van der Waals surface area contributed by atoms with E-state index in [0.717, 1.165) is 30.5 Å². The summed E-state index contributed by atoms with van der Waals surface area (Å²) in [7, 11) is 0. The first kappa shape index (κ1) is 16.8. The summed E-state index contributed by atoms with van der Waals surface area (Å²) in [6.45, 7) is 4.95. The first-order chi connectivity index (χ1) is 12.6. The number of rotatable bonds is 6. The van der Waals surface area contributed by atoms with E-state index in [-0.39, 0.29) is 5.91 Å². The van der Waals surface area contributed by atoms with Gasteiger partial charge in [0.05, 0.1) is 10.9 Å². The number of amides is 1. The summed E-state index contributed by atoms with van der Waals surface area (Å²) in [6.07, 6.45) is 3.18. The van der Waals surface area contributed by atoms with Crippen molar-refractivity contribution in [2.75, 3.05) is 6.54 Å². The molecule has 2 heterocycles. The Labute approximate surface area is 152 Å². The van der Waals surface area contributed by atoms with E-state index in [1.54, 1.807) is 0 Å². The van der Waals surface area contributed by atoms with Gasteiger partial charge < -0.3 is 9.84 Å². The third-order valence-corrected chi connectivity index (χ3v) is 4.76. The highest BCUT2D eigenvalue weighted by molar-refractivity contribution is 6.09. The predicted molar refractivity (Wildman–Crippen MR) is 101 cm³/mol. The predicted octanol–water partition coefficient (Wildman–Crippen LogP) is 4.54. The van der Waals surface area contributed by atoms with E-state index < -0.39 is 0 Å². The zero-order valence-electron chi connectivity index (χ0n) is 15.2. The molecule has 134 valence electrons. The molecule has 4 rings (SSSR count). The second kappa shape index (κ2) is 6.90. The van der Waals surface area contributed by atoms with Crippen molar-refractivity contribution < 1.29 is 9.32 Å². The van der Waals surface area contributed by atoms with E-state index in [2.05, 4.69) is 29.3 Å². The maximum atomic E-state index is 12.9. The van der Waals surface area contributed by atoms with Crippen molar-refractivity contribution in [3.05, 3.63) is 47.7 Å². The number of benzene rings is 1. The van der Waals surface area contributed by atoms with Crippen molar-refractivity contribution in [1.82, 2.24) is 15.5 Å². The number of carbonyl (C=O) groups is 1. The molecule has 1 saturated carbocycles. The largest absolute Gasteiger partial charge is 0.352 e. The summed E-state index contributed by atoms with van der Waals surface area (Å²) in [5.74, 6) is 0.900. The maximum Gasteiger partial charge on any atom is 0.259 e. The Bertz CT molecular complexity index is 927. The summed E-state index contributed by atoms with van der Waals surface area (Å²) in [5, 5.41) is 7.96. The molecule has 1 fully saturated rings. The Kier molecular flexibility index (Phi) is 4.45. The minimum atomic E-state index is -0.0830. The van der Waals surface area contributed by atoms with Crippen LogP contribution in [0.25, 0.3) is 22.4 Å². The fourth-order valence-electron chi connectivity index (χ4n) is 3.10. The molecular formula is C21H23N3O2. The molecule has 2 aromatic heterocycles. The quantitative estimate of drug-likeness (QED) is 0.709. The van der Waals surface area contributed by atoms with Crippen LogP contribution in [0.5, 0.6) is 0 Å². The van der Waals surface area contributed by atoms with Crippen LogP contribution in [0, 0.1) is 5.92 Å². The van der Waals surface area contributed by atoms with Gasteiger partial charge in [0.1, 0.15) is 5.69 Å². The van der Waals surface area contributed by atoms with Crippen LogP contribution in [0.2, 0.25) is 0 Å². The number of fused-ring (bicyclic) bond motifs is 1. The number of carbonyl (C=O) groups excluding carboxylic acids is 1. The smallest absolute Gasteiger partial charge is 0.259 e. The third-order valence-electron chi connectivity index (χ3n) is 4.76. The summed E-state index contributed by atoms with van der Waals surface area (Å²) in [5.41, 5.74) is 3.58. The van der Waals surface area contributed by atoms with Gasteiger partial charge in [-0.1, -0.05) is 49.3 Å².